The molecule has 0 amide bonds. The minimum atomic E-state index is -5.69. The molecule has 0 heterocycles. The number of ether oxygens (including phenoxy) is 1. The van der Waals surface area contributed by atoms with Crippen LogP contribution in [-0.2, 0) is 14.9 Å². The van der Waals surface area contributed by atoms with Crippen LogP contribution in [-0.4, -0.2) is 35.4 Å². The lowest BCUT2D eigenvalue weighted by Crippen LogP contribution is -2.42. The largest absolute Gasteiger partial charge is 0.508 e. The number of rotatable bonds is 4. The van der Waals surface area contributed by atoms with Crippen molar-refractivity contribution in [2.75, 3.05) is 0 Å². The van der Waals surface area contributed by atoms with Crippen molar-refractivity contribution in [2.24, 2.45) is 0 Å². The molecular weight excluding hydrogens is 286 g/mol. The fraction of sp³-hybridized carbons (Fsp3) is 0.300. The van der Waals surface area contributed by atoms with Crippen LogP contribution in [0.3, 0.4) is 0 Å². The number of halogens is 2. The molecule has 9 heteroatoms. The number of benzene rings is 1. The van der Waals surface area contributed by atoms with E-state index in [0.717, 1.165) is 24.3 Å². The lowest BCUT2D eigenvalue weighted by Gasteiger charge is -2.20. The number of esters is 1. The van der Waals surface area contributed by atoms with E-state index in [1.165, 1.54) is 0 Å². The van der Waals surface area contributed by atoms with E-state index in [2.05, 4.69) is 4.74 Å². The second-order valence-corrected chi connectivity index (χ2v) is 5.13. The predicted molar refractivity (Wildman–Crippen MR) is 59.5 cm³/mol. The van der Waals surface area contributed by atoms with Gasteiger partial charge in [0.2, 0.25) is 0 Å². The number of alkyl halides is 2. The van der Waals surface area contributed by atoms with Crippen LogP contribution in [0.4, 0.5) is 8.78 Å². The van der Waals surface area contributed by atoms with Crippen LogP contribution in [0.25, 0.3) is 0 Å². The third kappa shape index (κ3) is 3.38. The number of carbonyl (C=O) groups is 1. The summed E-state index contributed by atoms with van der Waals surface area (Å²) in [6.45, 7) is 0.631. The van der Waals surface area contributed by atoms with Crippen LogP contribution >= 0.6 is 0 Å². The number of hydrogen-bond acceptors (Lipinski definition) is 5. The summed E-state index contributed by atoms with van der Waals surface area (Å²) in [6, 6.07) is 4.47. The van der Waals surface area contributed by atoms with Gasteiger partial charge >= 0.3 is 21.3 Å². The molecule has 0 saturated heterocycles. The molecule has 1 unspecified atom stereocenters. The van der Waals surface area contributed by atoms with Gasteiger partial charge in [-0.15, -0.1) is 0 Å². The first kappa shape index (κ1) is 15.3. The Kier molecular flexibility index (Phi) is 4.11. The second-order valence-electron chi connectivity index (χ2n) is 3.63. The summed E-state index contributed by atoms with van der Waals surface area (Å²) in [5.74, 6) is -1.36. The van der Waals surface area contributed by atoms with E-state index < -0.39 is 27.4 Å². The fourth-order valence-corrected chi connectivity index (χ4v) is 1.57. The third-order valence-corrected chi connectivity index (χ3v) is 3.22. The van der Waals surface area contributed by atoms with E-state index in [0.29, 0.717) is 6.92 Å². The minimum absolute atomic E-state index is 0.145. The van der Waals surface area contributed by atoms with Crippen LogP contribution < -0.4 is 0 Å². The summed E-state index contributed by atoms with van der Waals surface area (Å²) in [4.78, 5) is 11.4. The van der Waals surface area contributed by atoms with Gasteiger partial charge in [-0.1, -0.05) is 0 Å². The molecular formula is C10H10F2O6S. The summed E-state index contributed by atoms with van der Waals surface area (Å²) in [5, 5.41) is 4.36. The summed E-state index contributed by atoms with van der Waals surface area (Å²) in [6.07, 6.45) is -2.37. The summed E-state index contributed by atoms with van der Waals surface area (Å²) in [5.41, 5.74) is -0.157. The van der Waals surface area contributed by atoms with E-state index in [9.17, 15) is 22.0 Å². The maximum absolute atomic E-state index is 13.1. The molecule has 6 nitrogen and oxygen atoms in total. The maximum Gasteiger partial charge on any atom is 0.405 e. The molecule has 1 aromatic rings. The van der Waals surface area contributed by atoms with Crippen molar-refractivity contribution in [3.05, 3.63) is 29.8 Å². The quantitative estimate of drug-likeness (QED) is 0.643. The molecule has 1 atom stereocenters. The Morgan fingerprint density at radius 2 is 1.79 bits per heavy atom. The first-order chi connectivity index (χ1) is 8.55. The van der Waals surface area contributed by atoms with Crippen LogP contribution in [0.5, 0.6) is 5.75 Å². The van der Waals surface area contributed by atoms with Gasteiger partial charge in [0.1, 0.15) is 5.75 Å². The second kappa shape index (κ2) is 5.10. The van der Waals surface area contributed by atoms with Crippen molar-refractivity contribution in [1.82, 2.24) is 0 Å². The molecule has 0 aliphatic heterocycles. The van der Waals surface area contributed by atoms with E-state index in [1.807, 2.05) is 0 Å². The molecule has 0 aliphatic rings. The first-order valence-electron chi connectivity index (χ1n) is 4.90. The highest BCUT2D eigenvalue weighted by Gasteiger charge is 2.52. The third-order valence-electron chi connectivity index (χ3n) is 2.20. The van der Waals surface area contributed by atoms with Gasteiger partial charge in [0.15, 0.2) is 6.10 Å². The van der Waals surface area contributed by atoms with E-state index in [-0.39, 0.29) is 11.3 Å². The Morgan fingerprint density at radius 3 is 2.21 bits per heavy atom. The molecule has 2 N–H and O–H groups in total. The topological polar surface area (TPSA) is 101 Å². The molecule has 1 aromatic carbocycles. The van der Waals surface area contributed by atoms with Crippen molar-refractivity contribution in [2.45, 2.75) is 18.3 Å². The van der Waals surface area contributed by atoms with Gasteiger partial charge in [0.25, 0.3) is 0 Å². The predicted octanol–water partition coefficient (Wildman–Crippen LogP) is 1.42. The lowest BCUT2D eigenvalue weighted by atomic mass is 10.2. The Morgan fingerprint density at radius 1 is 1.32 bits per heavy atom. The standard InChI is InChI=1S/C10H10F2O6S/c1-6(10(11,12)19(15,16)17)18-9(14)7-2-4-8(13)5-3-7/h2-6,13H,1H3,(H,15,16,17). The summed E-state index contributed by atoms with van der Waals surface area (Å²) in [7, 11) is -5.69. The van der Waals surface area contributed by atoms with Gasteiger partial charge < -0.3 is 9.84 Å². The molecule has 0 aromatic heterocycles. The lowest BCUT2D eigenvalue weighted by molar-refractivity contribution is -0.0549. The molecule has 19 heavy (non-hydrogen) atoms. The zero-order valence-corrected chi connectivity index (χ0v) is 10.4. The van der Waals surface area contributed by atoms with Crippen LogP contribution in [0.1, 0.15) is 17.3 Å². The minimum Gasteiger partial charge on any atom is -0.508 e. The molecule has 0 spiro atoms. The van der Waals surface area contributed by atoms with Gasteiger partial charge in [-0.25, -0.2) is 4.79 Å². The van der Waals surface area contributed by atoms with Crippen LogP contribution in [0.2, 0.25) is 0 Å². The molecule has 0 saturated carbocycles. The number of aromatic hydroxyl groups is 1. The first-order valence-corrected chi connectivity index (χ1v) is 6.34. The molecule has 106 valence electrons. The zero-order valence-electron chi connectivity index (χ0n) is 9.58. The Balaban J connectivity index is 2.86. The molecule has 0 bridgehead atoms. The van der Waals surface area contributed by atoms with Crippen molar-refractivity contribution in [3.63, 3.8) is 0 Å². The Labute approximate surface area is 107 Å². The van der Waals surface area contributed by atoms with Crippen molar-refractivity contribution >= 4 is 16.1 Å². The van der Waals surface area contributed by atoms with Crippen molar-refractivity contribution < 1.29 is 36.4 Å². The molecule has 0 aliphatic carbocycles. The molecule has 1 rings (SSSR count). The van der Waals surface area contributed by atoms with Crippen LogP contribution in [0, 0.1) is 0 Å². The van der Waals surface area contributed by atoms with E-state index in [4.69, 9.17) is 9.66 Å². The van der Waals surface area contributed by atoms with Gasteiger partial charge in [-0.2, -0.15) is 17.2 Å². The van der Waals surface area contributed by atoms with Crippen molar-refractivity contribution in [3.8, 4) is 5.75 Å². The normalized spacial score (nSPS) is 13.9. The Bertz CT molecular complexity index is 566. The van der Waals surface area contributed by atoms with Gasteiger partial charge in [-0.3, -0.25) is 4.55 Å². The van der Waals surface area contributed by atoms with E-state index >= 15 is 0 Å². The monoisotopic (exact) mass is 296 g/mol. The number of hydrogen-bond donors (Lipinski definition) is 2. The van der Waals surface area contributed by atoms with Gasteiger partial charge in [0, 0.05) is 0 Å². The van der Waals surface area contributed by atoms with E-state index in [1.54, 1.807) is 0 Å². The molecule has 0 radical (unpaired) electrons. The average molecular weight is 296 g/mol. The van der Waals surface area contributed by atoms with Gasteiger partial charge in [-0.05, 0) is 31.2 Å². The zero-order chi connectivity index (χ0) is 14.8. The van der Waals surface area contributed by atoms with Gasteiger partial charge in [0.05, 0.1) is 5.56 Å². The highest BCUT2D eigenvalue weighted by molar-refractivity contribution is 7.86. The number of phenolic OH excluding ortho intramolecular Hbond substituents is 1. The SMILES string of the molecule is CC(OC(=O)c1ccc(O)cc1)C(F)(F)S(=O)(=O)O. The highest BCUT2D eigenvalue weighted by Crippen LogP contribution is 2.27. The molecule has 0 fully saturated rings. The average Bonchev–Trinajstić information content (AvgIpc) is 2.28. The number of phenols is 1. The van der Waals surface area contributed by atoms with Crippen molar-refractivity contribution in [1.29, 1.82) is 0 Å². The van der Waals surface area contributed by atoms with Crippen LogP contribution in [0.15, 0.2) is 24.3 Å². The Hall–Kier alpha value is -1.74. The summed E-state index contributed by atoms with van der Waals surface area (Å²) >= 11 is 0. The highest BCUT2D eigenvalue weighted by atomic mass is 32.2. The maximum atomic E-state index is 13.1. The smallest absolute Gasteiger partial charge is 0.405 e. The summed E-state index contributed by atoms with van der Waals surface area (Å²) < 4.78 is 59.7. The number of carbonyl (C=O) groups excluding carboxylic acids is 1. The fourth-order valence-electron chi connectivity index (χ4n) is 1.10.